The van der Waals surface area contributed by atoms with Gasteiger partial charge in [0.2, 0.25) is 5.91 Å². The Labute approximate surface area is 233 Å². The third-order valence-corrected chi connectivity index (χ3v) is 10.7. The number of phenolic OH excluding ortho intramolecular Hbond substituents is 1. The van der Waals surface area contributed by atoms with Crippen molar-refractivity contribution >= 4 is 29.1 Å². The minimum atomic E-state index is -1.38. The highest BCUT2D eigenvalue weighted by Crippen LogP contribution is 2.66. The van der Waals surface area contributed by atoms with Crippen molar-refractivity contribution in [2.45, 2.75) is 83.6 Å². The number of nitrogens with one attached hydrogen (secondary N) is 1. The Morgan fingerprint density at radius 2 is 1.90 bits per heavy atom. The Hall–Kier alpha value is -2.91. The van der Waals surface area contributed by atoms with E-state index in [1.807, 2.05) is 5.38 Å². The lowest BCUT2D eigenvalue weighted by atomic mass is 9.70. The van der Waals surface area contributed by atoms with E-state index in [9.17, 15) is 24.6 Å². The first-order valence-corrected chi connectivity index (χ1v) is 14.7. The molecule has 6 atom stereocenters. The number of hydrogen-bond donors (Lipinski definition) is 3. The number of benzene rings is 1. The van der Waals surface area contributed by atoms with Gasteiger partial charge < -0.3 is 25.2 Å². The highest BCUT2D eigenvalue weighted by molar-refractivity contribution is 7.10. The molecule has 5 unspecified atom stereocenters. The van der Waals surface area contributed by atoms with Crippen LogP contribution >= 0.6 is 11.3 Å². The fourth-order valence-electron chi connectivity index (χ4n) is 6.87. The van der Waals surface area contributed by atoms with E-state index in [1.54, 1.807) is 29.2 Å². The summed E-state index contributed by atoms with van der Waals surface area (Å²) in [5, 5.41) is 24.6. The molecule has 2 heterocycles. The van der Waals surface area contributed by atoms with Crippen LogP contribution in [0.15, 0.2) is 41.8 Å². The van der Waals surface area contributed by atoms with Crippen molar-refractivity contribution in [2.24, 2.45) is 16.7 Å². The van der Waals surface area contributed by atoms with Gasteiger partial charge in [-0.3, -0.25) is 9.59 Å². The smallest absolute Gasteiger partial charge is 0.329 e. The number of carbonyl (C=O) groups excluding carboxylic acids is 3. The maximum absolute atomic E-state index is 13.8. The Kier molecular flexibility index (Phi) is 7.50. The standard InChI is InChI=1S/C30H38N2O6S/c1-29(2)19-12-13-30(29,3)24(17-19)38-28(37)21-6-4-14-32(21)27(36)25(23-7-5-15-39-23)31-26(35)22(34)16-18-8-10-20(33)11-9-18/h5,7-11,15,19,21-22,24-25,33-34H,4,6,12-14,16-17H2,1-3H3,(H,31,35)/t19?,21?,22?,24-,25?,30?/m1/s1. The maximum Gasteiger partial charge on any atom is 0.329 e. The molecule has 1 saturated heterocycles. The van der Waals surface area contributed by atoms with Crippen LogP contribution in [0.5, 0.6) is 5.75 Å². The van der Waals surface area contributed by atoms with Gasteiger partial charge in [-0.1, -0.05) is 39.0 Å². The largest absolute Gasteiger partial charge is 0.508 e. The van der Waals surface area contributed by atoms with Gasteiger partial charge >= 0.3 is 5.97 Å². The number of rotatable bonds is 8. The molecule has 3 fully saturated rings. The predicted molar refractivity (Wildman–Crippen MR) is 147 cm³/mol. The zero-order chi connectivity index (χ0) is 27.9. The second-order valence-corrected chi connectivity index (χ2v) is 13.0. The molecule has 1 aromatic heterocycles. The van der Waals surface area contributed by atoms with E-state index in [4.69, 9.17) is 4.74 Å². The van der Waals surface area contributed by atoms with Crippen molar-refractivity contribution in [1.82, 2.24) is 10.2 Å². The minimum Gasteiger partial charge on any atom is -0.508 e. The van der Waals surface area contributed by atoms with Crippen LogP contribution in [0.1, 0.15) is 69.4 Å². The van der Waals surface area contributed by atoms with Crippen molar-refractivity contribution < 1.29 is 29.3 Å². The maximum atomic E-state index is 13.8. The van der Waals surface area contributed by atoms with E-state index in [1.165, 1.54) is 23.5 Å². The monoisotopic (exact) mass is 554 g/mol. The number of nitrogens with zero attached hydrogens (tertiary/aromatic N) is 1. The van der Waals surface area contributed by atoms with Crippen molar-refractivity contribution in [1.29, 1.82) is 0 Å². The molecule has 0 spiro atoms. The summed E-state index contributed by atoms with van der Waals surface area (Å²) in [7, 11) is 0. The molecule has 2 bridgehead atoms. The number of hydrogen-bond acceptors (Lipinski definition) is 7. The van der Waals surface area contributed by atoms with Crippen molar-refractivity contribution in [3.8, 4) is 5.75 Å². The average molecular weight is 555 g/mol. The zero-order valence-electron chi connectivity index (χ0n) is 22.8. The fraction of sp³-hybridized carbons (Fsp3) is 0.567. The van der Waals surface area contributed by atoms with Crippen LogP contribution in [0.25, 0.3) is 0 Å². The summed E-state index contributed by atoms with van der Waals surface area (Å²) in [4.78, 5) is 42.5. The fourth-order valence-corrected chi connectivity index (χ4v) is 7.63. The lowest BCUT2D eigenvalue weighted by molar-refractivity contribution is -0.165. The summed E-state index contributed by atoms with van der Waals surface area (Å²) in [5.41, 5.74) is 0.717. The van der Waals surface area contributed by atoms with E-state index in [0.717, 1.165) is 19.3 Å². The van der Waals surface area contributed by atoms with Crippen LogP contribution in [0.4, 0.5) is 0 Å². The van der Waals surface area contributed by atoms with Crippen molar-refractivity contribution in [2.75, 3.05) is 6.54 Å². The third-order valence-electron chi connectivity index (χ3n) is 9.81. The molecule has 0 radical (unpaired) electrons. The summed E-state index contributed by atoms with van der Waals surface area (Å²) >= 11 is 1.33. The normalized spacial score (nSPS) is 28.7. The number of ether oxygens (including phenoxy) is 1. The number of phenols is 1. The van der Waals surface area contributed by atoms with Gasteiger partial charge in [0, 0.05) is 23.3 Å². The minimum absolute atomic E-state index is 0.0353. The summed E-state index contributed by atoms with van der Waals surface area (Å²) in [6, 6.07) is 8.10. The second kappa shape index (κ2) is 10.6. The van der Waals surface area contributed by atoms with Gasteiger partial charge in [0.1, 0.15) is 30.0 Å². The van der Waals surface area contributed by atoms with Crippen LogP contribution in [-0.2, 0) is 25.5 Å². The van der Waals surface area contributed by atoms with E-state index in [2.05, 4.69) is 26.1 Å². The number of likely N-dealkylation sites (tertiary alicyclic amines) is 1. The SMILES string of the molecule is CC1(C)C2CCC1(C)[C@H](OC(=O)C1CCCN1C(=O)C(NC(=O)C(O)Cc1ccc(O)cc1)c1cccs1)C2. The van der Waals surface area contributed by atoms with Crippen LogP contribution < -0.4 is 5.32 Å². The van der Waals surface area contributed by atoms with Gasteiger partial charge in [0.05, 0.1) is 0 Å². The molecule has 1 aromatic carbocycles. The average Bonchev–Trinajstić information content (AvgIpc) is 3.68. The number of aliphatic hydroxyl groups is 1. The van der Waals surface area contributed by atoms with Gasteiger partial charge in [-0.15, -0.1) is 11.3 Å². The number of thiophene rings is 1. The number of carbonyl (C=O) groups is 3. The molecule has 1 aliphatic heterocycles. The van der Waals surface area contributed by atoms with Gasteiger partial charge in [0.15, 0.2) is 0 Å². The van der Waals surface area contributed by atoms with Crippen molar-refractivity contribution in [3.63, 3.8) is 0 Å². The summed E-state index contributed by atoms with van der Waals surface area (Å²) < 4.78 is 6.14. The molecule has 3 N–H and O–H groups in total. The molecule has 2 saturated carbocycles. The zero-order valence-corrected chi connectivity index (χ0v) is 23.6. The first-order chi connectivity index (χ1) is 18.5. The molecule has 39 heavy (non-hydrogen) atoms. The Bertz CT molecular complexity index is 1210. The topological polar surface area (TPSA) is 116 Å². The number of amides is 2. The van der Waals surface area contributed by atoms with Gasteiger partial charge in [0.25, 0.3) is 5.91 Å². The quantitative estimate of drug-likeness (QED) is 0.426. The number of aromatic hydroxyl groups is 1. The van der Waals surface area contributed by atoms with E-state index < -0.39 is 24.1 Å². The van der Waals surface area contributed by atoms with Crippen LogP contribution in [-0.4, -0.2) is 57.7 Å². The predicted octanol–water partition coefficient (Wildman–Crippen LogP) is 3.96. The number of fused-ring (bicyclic) bond motifs is 2. The summed E-state index contributed by atoms with van der Waals surface area (Å²) in [6.07, 6.45) is 2.76. The molecule has 210 valence electrons. The lowest BCUT2D eigenvalue weighted by Crippen LogP contribution is -2.50. The lowest BCUT2D eigenvalue weighted by Gasteiger charge is -2.39. The van der Waals surface area contributed by atoms with Gasteiger partial charge in [-0.05, 0) is 72.6 Å². The molecule has 3 aliphatic rings. The molecule has 2 amide bonds. The van der Waals surface area contributed by atoms with E-state index in [-0.39, 0.29) is 41.0 Å². The van der Waals surface area contributed by atoms with Gasteiger partial charge in [-0.2, -0.15) is 0 Å². The van der Waals surface area contributed by atoms with E-state index in [0.29, 0.717) is 35.7 Å². The Morgan fingerprint density at radius 3 is 2.51 bits per heavy atom. The van der Waals surface area contributed by atoms with Crippen molar-refractivity contribution in [3.05, 3.63) is 52.2 Å². The third kappa shape index (κ3) is 5.07. The van der Waals surface area contributed by atoms with E-state index >= 15 is 0 Å². The molecule has 2 aliphatic carbocycles. The second-order valence-electron chi connectivity index (χ2n) is 12.1. The molecule has 8 nitrogen and oxygen atoms in total. The molecular formula is C30H38N2O6S. The molecule has 2 aromatic rings. The first-order valence-electron chi connectivity index (χ1n) is 13.8. The molecule has 9 heteroatoms. The summed E-state index contributed by atoms with van der Waals surface area (Å²) in [6.45, 7) is 7.17. The number of esters is 1. The first kappa shape index (κ1) is 27.6. The van der Waals surface area contributed by atoms with Crippen LogP contribution in [0.3, 0.4) is 0 Å². The summed E-state index contributed by atoms with van der Waals surface area (Å²) in [5.74, 6) is -0.781. The number of aliphatic hydroxyl groups excluding tert-OH is 1. The Morgan fingerprint density at radius 1 is 1.15 bits per heavy atom. The Balaban J connectivity index is 1.28. The molecular weight excluding hydrogens is 516 g/mol. The molecule has 5 rings (SSSR count). The highest BCUT2D eigenvalue weighted by Gasteiger charge is 2.63. The van der Waals surface area contributed by atoms with Gasteiger partial charge in [-0.25, -0.2) is 4.79 Å². The highest BCUT2D eigenvalue weighted by atomic mass is 32.1. The van der Waals surface area contributed by atoms with Crippen LogP contribution in [0.2, 0.25) is 0 Å². The van der Waals surface area contributed by atoms with Crippen LogP contribution in [0, 0.1) is 16.7 Å².